The zero-order chi connectivity index (χ0) is 20.3. The maximum absolute atomic E-state index is 2.42. The molecule has 1 aliphatic rings. The summed E-state index contributed by atoms with van der Waals surface area (Å²) >= 11 is 0. The lowest BCUT2D eigenvalue weighted by Gasteiger charge is -2.30. The van der Waals surface area contributed by atoms with Crippen molar-refractivity contribution < 1.29 is 0 Å². The first kappa shape index (κ1) is 18.4. The molecule has 1 nitrogen and oxygen atoms in total. The Morgan fingerprint density at radius 2 is 1.40 bits per heavy atom. The standard InChI is InChI=1S/C29H25N/c1-22-14-16-23(17-15-22)24-18-20-27(21-19-24)30(26-10-3-2-4-11-26)29-13-7-9-25-8-5-6-12-28(25)29/h2-3,5-10,12-21H,4,11H2,1H3. The quantitative estimate of drug-likeness (QED) is 0.341. The summed E-state index contributed by atoms with van der Waals surface area (Å²) < 4.78 is 0. The van der Waals surface area contributed by atoms with E-state index in [9.17, 15) is 0 Å². The fourth-order valence-electron chi connectivity index (χ4n) is 4.19. The van der Waals surface area contributed by atoms with Crippen molar-refractivity contribution in [1.29, 1.82) is 0 Å². The molecule has 5 rings (SSSR count). The van der Waals surface area contributed by atoms with Gasteiger partial charge in [-0.05, 0) is 60.6 Å². The molecule has 0 atom stereocenters. The normalized spacial score (nSPS) is 13.3. The first-order chi connectivity index (χ1) is 14.8. The molecule has 0 radical (unpaired) electrons. The summed E-state index contributed by atoms with van der Waals surface area (Å²) in [7, 11) is 0. The van der Waals surface area contributed by atoms with Crippen LogP contribution in [0, 0.1) is 6.92 Å². The molecule has 0 fully saturated rings. The molecule has 0 bridgehead atoms. The van der Waals surface area contributed by atoms with Gasteiger partial charge in [0.15, 0.2) is 0 Å². The van der Waals surface area contributed by atoms with Gasteiger partial charge in [-0.3, -0.25) is 0 Å². The SMILES string of the molecule is Cc1ccc(-c2ccc(N(C3=CC=CCC3)c3cccc4ccccc34)cc2)cc1. The van der Waals surface area contributed by atoms with E-state index >= 15 is 0 Å². The van der Waals surface area contributed by atoms with Crippen LogP contribution in [0.3, 0.4) is 0 Å². The van der Waals surface area contributed by atoms with Gasteiger partial charge in [-0.25, -0.2) is 0 Å². The molecule has 30 heavy (non-hydrogen) atoms. The van der Waals surface area contributed by atoms with E-state index in [0.29, 0.717) is 0 Å². The van der Waals surface area contributed by atoms with Gasteiger partial charge in [0, 0.05) is 16.8 Å². The number of fused-ring (bicyclic) bond motifs is 1. The molecule has 0 aliphatic heterocycles. The van der Waals surface area contributed by atoms with E-state index in [1.165, 1.54) is 44.5 Å². The lowest BCUT2D eigenvalue weighted by Crippen LogP contribution is -2.17. The highest BCUT2D eigenvalue weighted by molar-refractivity contribution is 5.97. The van der Waals surface area contributed by atoms with Crippen LogP contribution in [-0.2, 0) is 0 Å². The molecular formula is C29H25N. The molecule has 0 aromatic heterocycles. The predicted molar refractivity (Wildman–Crippen MR) is 129 cm³/mol. The molecule has 4 aromatic carbocycles. The van der Waals surface area contributed by atoms with Crippen LogP contribution in [0.2, 0.25) is 0 Å². The second kappa shape index (κ2) is 8.04. The van der Waals surface area contributed by atoms with Crippen LogP contribution < -0.4 is 4.90 Å². The molecule has 146 valence electrons. The van der Waals surface area contributed by atoms with E-state index in [-0.39, 0.29) is 0 Å². The Morgan fingerprint density at radius 3 is 2.13 bits per heavy atom. The fourth-order valence-corrected chi connectivity index (χ4v) is 4.19. The maximum atomic E-state index is 2.42. The van der Waals surface area contributed by atoms with Crippen molar-refractivity contribution in [2.75, 3.05) is 4.90 Å². The Bertz CT molecular complexity index is 1220. The number of rotatable bonds is 4. The minimum atomic E-state index is 1.04. The van der Waals surface area contributed by atoms with Crippen LogP contribution in [0.15, 0.2) is 115 Å². The first-order valence-corrected chi connectivity index (χ1v) is 10.6. The van der Waals surface area contributed by atoms with E-state index in [2.05, 4.69) is 121 Å². The topological polar surface area (TPSA) is 3.24 Å². The number of anilines is 2. The summed E-state index contributed by atoms with van der Waals surface area (Å²) in [6, 6.07) is 32.9. The second-order valence-electron chi connectivity index (χ2n) is 7.87. The Balaban J connectivity index is 1.61. The van der Waals surface area contributed by atoms with Gasteiger partial charge >= 0.3 is 0 Å². The van der Waals surface area contributed by atoms with Crippen LogP contribution in [0.4, 0.5) is 11.4 Å². The van der Waals surface area contributed by atoms with E-state index in [1.54, 1.807) is 0 Å². The lowest BCUT2D eigenvalue weighted by molar-refractivity contribution is 0.919. The molecule has 0 saturated heterocycles. The van der Waals surface area contributed by atoms with Gasteiger partial charge in [-0.2, -0.15) is 0 Å². The molecule has 0 amide bonds. The molecule has 0 unspecified atom stereocenters. The summed E-state index contributed by atoms with van der Waals surface area (Å²) in [5.74, 6) is 0. The largest absolute Gasteiger partial charge is 0.314 e. The Labute approximate surface area is 178 Å². The number of allylic oxidation sites excluding steroid dienone is 4. The fraction of sp³-hybridized carbons (Fsp3) is 0.103. The van der Waals surface area contributed by atoms with Gasteiger partial charge in [0.2, 0.25) is 0 Å². The third kappa shape index (κ3) is 3.55. The molecule has 0 heterocycles. The van der Waals surface area contributed by atoms with E-state index in [4.69, 9.17) is 0 Å². The van der Waals surface area contributed by atoms with Gasteiger partial charge in [0.1, 0.15) is 0 Å². The van der Waals surface area contributed by atoms with Gasteiger partial charge in [-0.15, -0.1) is 0 Å². The number of hydrogen-bond donors (Lipinski definition) is 0. The van der Waals surface area contributed by atoms with Crippen LogP contribution in [0.1, 0.15) is 18.4 Å². The molecular weight excluding hydrogens is 362 g/mol. The van der Waals surface area contributed by atoms with Gasteiger partial charge < -0.3 is 4.90 Å². The Kier molecular flexibility index (Phi) is 4.94. The van der Waals surface area contributed by atoms with Gasteiger partial charge in [0.25, 0.3) is 0 Å². The average molecular weight is 388 g/mol. The summed E-state index contributed by atoms with van der Waals surface area (Å²) in [6.45, 7) is 2.13. The minimum Gasteiger partial charge on any atom is -0.314 e. The predicted octanol–water partition coefficient (Wildman–Crippen LogP) is 8.19. The van der Waals surface area contributed by atoms with Gasteiger partial charge in [-0.1, -0.05) is 90.5 Å². The van der Waals surface area contributed by atoms with Crippen molar-refractivity contribution in [1.82, 2.24) is 0 Å². The highest BCUT2D eigenvalue weighted by Gasteiger charge is 2.17. The Morgan fingerprint density at radius 1 is 0.700 bits per heavy atom. The van der Waals surface area contributed by atoms with Crippen molar-refractivity contribution in [2.24, 2.45) is 0 Å². The van der Waals surface area contributed by atoms with Crippen LogP contribution in [0.25, 0.3) is 21.9 Å². The second-order valence-corrected chi connectivity index (χ2v) is 7.87. The van der Waals surface area contributed by atoms with Crippen molar-refractivity contribution in [3.8, 4) is 11.1 Å². The number of hydrogen-bond acceptors (Lipinski definition) is 1. The highest BCUT2D eigenvalue weighted by Crippen LogP contribution is 2.38. The molecule has 0 saturated carbocycles. The van der Waals surface area contributed by atoms with E-state index in [1.807, 2.05) is 0 Å². The summed E-state index contributed by atoms with van der Waals surface area (Å²) in [5, 5.41) is 2.54. The third-order valence-electron chi connectivity index (χ3n) is 5.80. The van der Waals surface area contributed by atoms with Crippen molar-refractivity contribution in [2.45, 2.75) is 19.8 Å². The molecule has 1 aliphatic carbocycles. The van der Waals surface area contributed by atoms with E-state index < -0.39 is 0 Å². The summed E-state index contributed by atoms with van der Waals surface area (Å²) in [4.78, 5) is 2.42. The van der Waals surface area contributed by atoms with Gasteiger partial charge in [0.05, 0.1) is 5.69 Å². The zero-order valence-electron chi connectivity index (χ0n) is 17.3. The van der Waals surface area contributed by atoms with Crippen LogP contribution in [-0.4, -0.2) is 0 Å². The average Bonchev–Trinajstić information content (AvgIpc) is 2.81. The van der Waals surface area contributed by atoms with E-state index in [0.717, 1.165) is 12.8 Å². The van der Waals surface area contributed by atoms with Crippen molar-refractivity contribution in [3.05, 3.63) is 120 Å². The highest BCUT2D eigenvalue weighted by atomic mass is 15.1. The zero-order valence-corrected chi connectivity index (χ0v) is 17.3. The van der Waals surface area contributed by atoms with Crippen molar-refractivity contribution >= 4 is 22.1 Å². The number of benzene rings is 4. The number of nitrogens with zero attached hydrogens (tertiary/aromatic N) is 1. The lowest BCUT2D eigenvalue weighted by atomic mass is 10.0. The monoisotopic (exact) mass is 387 g/mol. The Hall–Kier alpha value is -3.58. The molecule has 0 N–H and O–H groups in total. The molecule has 0 spiro atoms. The third-order valence-corrected chi connectivity index (χ3v) is 5.80. The maximum Gasteiger partial charge on any atom is 0.0536 e. The number of aryl methyl sites for hydroxylation is 1. The van der Waals surface area contributed by atoms with Crippen LogP contribution >= 0.6 is 0 Å². The summed E-state index contributed by atoms with van der Waals surface area (Å²) in [6.07, 6.45) is 8.79. The first-order valence-electron chi connectivity index (χ1n) is 10.6. The molecule has 4 aromatic rings. The van der Waals surface area contributed by atoms with Crippen molar-refractivity contribution in [3.63, 3.8) is 0 Å². The van der Waals surface area contributed by atoms with Crippen LogP contribution in [0.5, 0.6) is 0 Å². The molecule has 1 heteroatoms. The smallest absolute Gasteiger partial charge is 0.0536 e. The summed E-state index contributed by atoms with van der Waals surface area (Å²) in [5.41, 5.74) is 7.55. The minimum absolute atomic E-state index is 1.04.